The summed E-state index contributed by atoms with van der Waals surface area (Å²) in [5.74, 6) is 1.48. The third-order valence-electron chi connectivity index (χ3n) is 3.35. The molecule has 0 amide bonds. The summed E-state index contributed by atoms with van der Waals surface area (Å²) >= 11 is 0. The number of fused-ring (bicyclic) bond motifs is 1. The zero-order valence-electron chi connectivity index (χ0n) is 10.7. The van der Waals surface area contributed by atoms with E-state index in [1.54, 1.807) is 18.9 Å². The fourth-order valence-electron chi connectivity index (χ4n) is 2.34. The first-order valence-corrected chi connectivity index (χ1v) is 6.48. The number of nitrogens with zero attached hydrogens (tertiary/aromatic N) is 4. The van der Waals surface area contributed by atoms with E-state index in [0.717, 1.165) is 35.6 Å². The third-order valence-corrected chi connectivity index (χ3v) is 3.35. The lowest BCUT2D eigenvalue weighted by molar-refractivity contribution is 0.122. The second-order valence-electron chi connectivity index (χ2n) is 4.58. The van der Waals surface area contributed by atoms with Gasteiger partial charge >= 0.3 is 0 Å². The monoisotopic (exact) mass is 271 g/mol. The van der Waals surface area contributed by atoms with Crippen molar-refractivity contribution in [1.82, 2.24) is 19.9 Å². The highest BCUT2D eigenvalue weighted by Crippen LogP contribution is 2.26. The Labute approximate surface area is 114 Å². The Hall–Kier alpha value is -2.41. The molecule has 102 valence electrons. The summed E-state index contributed by atoms with van der Waals surface area (Å²) in [6, 6.07) is 1.85. The molecular weight excluding hydrogens is 258 g/mol. The summed E-state index contributed by atoms with van der Waals surface area (Å²) < 4.78 is 10.5. The molecule has 0 atom stereocenters. The fraction of sp³-hybridized carbons (Fsp3) is 0.308. The largest absolute Gasteiger partial charge is 0.472 e. The van der Waals surface area contributed by atoms with Gasteiger partial charge in [0.2, 0.25) is 0 Å². The summed E-state index contributed by atoms with van der Waals surface area (Å²) in [6.07, 6.45) is 4.90. The van der Waals surface area contributed by atoms with Gasteiger partial charge in [0, 0.05) is 13.1 Å². The second-order valence-corrected chi connectivity index (χ2v) is 4.58. The Morgan fingerprint density at radius 3 is 2.90 bits per heavy atom. The maximum Gasteiger partial charge on any atom is 0.167 e. The number of hydrogen-bond acceptors (Lipinski definition) is 6. The number of rotatable bonds is 2. The minimum atomic E-state index is 0.636. The molecule has 0 unspecified atom stereocenters. The smallest absolute Gasteiger partial charge is 0.167 e. The second kappa shape index (κ2) is 4.61. The van der Waals surface area contributed by atoms with Crippen LogP contribution in [0.3, 0.4) is 0 Å². The van der Waals surface area contributed by atoms with Crippen molar-refractivity contribution in [2.75, 3.05) is 31.2 Å². The van der Waals surface area contributed by atoms with E-state index in [1.165, 1.54) is 0 Å². The van der Waals surface area contributed by atoms with Crippen LogP contribution in [0.4, 0.5) is 5.82 Å². The first-order valence-electron chi connectivity index (χ1n) is 6.48. The average molecular weight is 271 g/mol. The van der Waals surface area contributed by atoms with Gasteiger partial charge < -0.3 is 19.0 Å². The molecule has 1 saturated heterocycles. The van der Waals surface area contributed by atoms with E-state index in [9.17, 15) is 0 Å². The minimum absolute atomic E-state index is 0.636. The van der Waals surface area contributed by atoms with Gasteiger partial charge in [-0.05, 0) is 6.07 Å². The highest BCUT2D eigenvalue weighted by atomic mass is 16.5. The number of ether oxygens (including phenoxy) is 1. The molecule has 0 bridgehead atoms. The summed E-state index contributed by atoms with van der Waals surface area (Å²) in [4.78, 5) is 18.7. The maximum absolute atomic E-state index is 5.39. The van der Waals surface area contributed by atoms with Crippen molar-refractivity contribution in [3.8, 4) is 11.4 Å². The number of aromatic amines is 1. The molecule has 0 radical (unpaired) electrons. The number of H-pyrrole nitrogens is 1. The van der Waals surface area contributed by atoms with E-state index >= 15 is 0 Å². The Kier molecular flexibility index (Phi) is 2.63. The lowest BCUT2D eigenvalue weighted by Gasteiger charge is -2.27. The van der Waals surface area contributed by atoms with Crippen LogP contribution in [-0.4, -0.2) is 46.2 Å². The van der Waals surface area contributed by atoms with Gasteiger partial charge in [-0.25, -0.2) is 15.0 Å². The zero-order chi connectivity index (χ0) is 13.4. The summed E-state index contributed by atoms with van der Waals surface area (Å²) in [6.45, 7) is 3.03. The van der Waals surface area contributed by atoms with Crippen LogP contribution in [0.1, 0.15) is 0 Å². The van der Waals surface area contributed by atoms with Crippen molar-refractivity contribution in [1.29, 1.82) is 0 Å². The van der Waals surface area contributed by atoms with Gasteiger partial charge in [0.25, 0.3) is 0 Å². The molecule has 3 aromatic rings. The number of nitrogens with one attached hydrogen (secondary N) is 1. The summed E-state index contributed by atoms with van der Waals surface area (Å²) in [5.41, 5.74) is 2.38. The van der Waals surface area contributed by atoms with Gasteiger partial charge in [0.05, 0.1) is 31.4 Å². The molecule has 0 saturated carbocycles. The Morgan fingerprint density at radius 2 is 2.10 bits per heavy atom. The molecule has 7 heteroatoms. The van der Waals surface area contributed by atoms with Crippen molar-refractivity contribution < 1.29 is 9.15 Å². The quantitative estimate of drug-likeness (QED) is 0.760. The first-order chi connectivity index (χ1) is 9.92. The van der Waals surface area contributed by atoms with E-state index in [2.05, 4.69) is 24.8 Å². The fourth-order valence-corrected chi connectivity index (χ4v) is 2.34. The molecule has 20 heavy (non-hydrogen) atoms. The Bertz CT molecular complexity index is 716. The van der Waals surface area contributed by atoms with Gasteiger partial charge in [-0.3, -0.25) is 0 Å². The van der Waals surface area contributed by atoms with E-state index in [-0.39, 0.29) is 0 Å². The molecule has 0 aliphatic carbocycles. The number of anilines is 1. The lowest BCUT2D eigenvalue weighted by Crippen LogP contribution is -2.37. The first kappa shape index (κ1) is 11.4. The SMILES string of the molecule is c1nc2c(N3CCOCC3)nc(-c3ccoc3)nc2[nH]1. The van der Waals surface area contributed by atoms with Crippen LogP contribution in [0, 0.1) is 0 Å². The highest BCUT2D eigenvalue weighted by molar-refractivity contribution is 5.85. The number of furan rings is 1. The standard InChI is InChI=1S/C13H13N5O2/c1-4-20-7-9(1)11-16-12-10(14-8-15-12)13(17-11)18-2-5-19-6-3-18/h1,4,7-8H,2-3,5-6H2,(H,14,15,16,17). The molecule has 1 aliphatic rings. The number of hydrogen-bond donors (Lipinski definition) is 1. The lowest BCUT2D eigenvalue weighted by atomic mass is 10.3. The van der Waals surface area contributed by atoms with Crippen LogP contribution in [-0.2, 0) is 4.74 Å². The molecule has 4 heterocycles. The van der Waals surface area contributed by atoms with Gasteiger partial charge in [-0.15, -0.1) is 0 Å². The maximum atomic E-state index is 5.39. The molecule has 1 fully saturated rings. The van der Waals surface area contributed by atoms with Crippen molar-refractivity contribution >= 4 is 17.0 Å². The van der Waals surface area contributed by atoms with Gasteiger partial charge in [-0.1, -0.05) is 0 Å². The minimum Gasteiger partial charge on any atom is -0.472 e. The topological polar surface area (TPSA) is 80.1 Å². The van der Waals surface area contributed by atoms with Crippen LogP contribution in [0.2, 0.25) is 0 Å². The Morgan fingerprint density at radius 1 is 1.20 bits per heavy atom. The molecule has 1 aliphatic heterocycles. The number of aromatic nitrogens is 4. The zero-order valence-corrected chi connectivity index (χ0v) is 10.7. The molecule has 1 N–H and O–H groups in total. The molecule has 3 aromatic heterocycles. The predicted octanol–water partition coefficient (Wildman–Crippen LogP) is 1.45. The molecular formula is C13H13N5O2. The van der Waals surface area contributed by atoms with Crippen molar-refractivity contribution in [2.24, 2.45) is 0 Å². The van der Waals surface area contributed by atoms with Crippen LogP contribution < -0.4 is 4.90 Å². The van der Waals surface area contributed by atoms with Crippen molar-refractivity contribution in [2.45, 2.75) is 0 Å². The summed E-state index contributed by atoms with van der Waals surface area (Å²) in [5, 5.41) is 0. The normalized spacial score (nSPS) is 15.9. The molecule has 7 nitrogen and oxygen atoms in total. The predicted molar refractivity (Wildman–Crippen MR) is 72.4 cm³/mol. The van der Waals surface area contributed by atoms with Crippen molar-refractivity contribution in [3.05, 3.63) is 24.9 Å². The van der Waals surface area contributed by atoms with Gasteiger partial charge in [0.1, 0.15) is 11.8 Å². The van der Waals surface area contributed by atoms with E-state index in [0.29, 0.717) is 19.0 Å². The molecule has 4 rings (SSSR count). The van der Waals surface area contributed by atoms with Crippen LogP contribution in [0.5, 0.6) is 0 Å². The van der Waals surface area contributed by atoms with Crippen LogP contribution in [0.25, 0.3) is 22.6 Å². The van der Waals surface area contributed by atoms with Crippen LogP contribution >= 0.6 is 0 Å². The average Bonchev–Trinajstić information content (AvgIpc) is 3.18. The van der Waals surface area contributed by atoms with Crippen molar-refractivity contribution in [3.63, 3.8) is 0 Å². The third kappa shape index (κ3) is 1.83. The van der Waals surface area contributed by atoms with Crippen LogP contribution in [0.15, 0.2) is 29.3 Å². The van der Waals surface area contributed by atoms with Gasteiger partial charge in [-0.2, -0.15) is 0 Å². The summed E-state index contributed by atoms with van der Waals surface area (Å²) in [7, 11) is 0. The van der Waals surface area contributed by atoms with E-state index in [4.69, 9.17) is 9.15 Å². The number of morpholine rings is 1. The Balaban J connectivity index is 1.86. The van der Waals surface area contributed by atoms with E-state index in [1.807, 2.05) is 6.07 Å². The van der Waals surface area contributed by atoms with Gasteiger partial charge in [0.15, 0.2) is 17.3 Å². The van der Waals surface area contributed by atoms with E-state index < -0.39 is 0 Å². The highest BCUT2D eigenvalue weighted by Gasteiger charge is 2.19. The molecule has 0 spiro atoms. The molecule has 0 aromatic carbocycles. The number of imidazole rings is 1.